The molecule has 5 nitrogen and oxygen atoms in total. The third-order valence-corrected chi connectivity index (χ3v) is 5.71. The molecule has 144 valence electrons. The second-order valence-corrected chi connectivity index (χ2v) is 7.26. The van der Waals surface area contributed by atoms with Gasteiger partial charge in [-0.05, 0) is 55.7 Å². The number of nitrogens with one attached hydrogen (secondary N) is 2. The molecular weight excluding hydrogens is 378 g/mol. The molecule has 2 saturated carbocycles. The van der Waals surface area contributed by atoms with Crippen LogP contribution in [-0.2, 0) is 11.3 Å². The summed E-state index contributed by atoms with van der Waals surface area (Å²) in [6.45, 7) is 0.340. The summed E-state index contributed by atoms with van der Waals surface area (Å²) in [5.41, 5.74) is 7.65. The first-order chi connectivity index (χ1) is 11.6. The molecule has 2 fully saturated rings. The molecule has 0 spiro atoms. The minimum Gasteiger partial charge on any atom is -0.349 e. The Hall–Kier alpha value is -1.37. The van der Waals surface area contributed by atoms with Crippen LogP contribution in [0.5, 0.6) is 0 Å². The van der Waals surface area contributed by atoms with E-state index in [0.717, 1.165) is 25.7 Å². The highest BCUT2D eigenvalue weighted by Crippen LogP contribution is 2.41. The summed E-state index contributed by atoms with van der Waals surface area (Å²) in [7, 11) is 0. The van der Waals surface area contributed by atoms with Crippen LogP contribution >= 0.6 is 24.8 Å². The van der Waals surface area contributed by atoms with Crippen LogP contribution in [0.2, 0.25) is 0 Å². The van der Waals surface area contributed by atoms with Gasteiger partial charge in [0.1, 0.15) is 11.6 Å². The highest BCUT2D eigenvalue weighted by Gasteiger charge is 2.40. The van der Waals surface area contributed by atoms with Gasteiger partial charge in [-0.1, -0.05) is 6.42 Å². The fourth-order valence-corrected chi connectivity index (χ4v) is 4.44. The van der Waals surface area contributed by atoms with Crippen LogP contribution in [-0.4, -0.2) is 21.9 Å². The summed E-state index contributed by atoms with van der Waals surface area (Å²) < 4.78 is 13.2. The number of aromatic amines is 1. The number of rotatable bonds is 3. The Morgan fingerprint density at radius 3 is 2.65 bits per heavy atom. The summed E-state index contributed by atoms with van der Waals surface area (Å²) in [5.74, 6) is 1.47. The summed E-state index contributed by atoms with van der Waals surface area (Å²) in [6.07, 6.45) is 5.34. The number of H-pyrrole nitrogens is 1. The molecule has 2 unspecified atom stereocenters. The van der Waals surface area contributed by atoms with Gasteiger partial charge in [-0.3, -0.25) is 4.79 Å². The van der Waals surface area contributed by atoms with Crippen LogP contribution in [0.25, 0.3) is 11.0 Å². The number of carbonyl (C=O) groups is 1. The minimum absolute atomic E-state index is 0. The molecule has 1 heterocycles. The molecule has 0 aliphatic heterocycles. The van der Waals surface area contributed by atoms with Gasteiger partial charge in [-0.2, -0.15) is 0 Å². The summed E-state index contributed by atoms with van der Waals surface area (Å²) in [4.78, 5) is 20.0. The summed E-state index contributed by atoms with van der Waals surface area (Å²) in [6, 6.07) is 4.71. The van der Waals surface area contributed by atoms with E-state index in [1.54, 1.807) is 6.07 Å². The molecule has 4 rings (SSSR count). The van der Waals surface area contributed by atoms with E-state index < -0.39 is 0 Å². The van der Waals surface area contributed by atoms with Gasteiger partial charge in [0, 0.05) is 12.0 Å². The number of imidazole rings is 1. The van der Waals surface area contributed by atoms with E-state index in [0.29, 0.717) is 35.2 Å². The van der Waals surface area contributed by atoms with E-state index in [9.17, 15) is 9.18 Å². The normalized spacial score (nSPS) is 27.3. The Kier molecular flexibility index (Phi) is 6.88. The highest BCUT2D eigenvalue weighted by atomic mass is 35.5. The zero-order valence-corrected chi connectivity index (χ0v) is 16.0. The topological polar surface area (TPSA) is 83.8 Å². The number of aromatic nitrogens is 2. The summed E-state index contributed by atoms with van der Waals surface area (Å²) >= 11 is 0. The van der Waals surface area contributed by atoms with Gasteiger partial charge < -0.3 is 16.0 Å². The molecule has 1 amide bonds. The number of halogens is 3. The molecule has 2 aliphatic carbocycles. The fraction of sp³-hybridized carbons (Fsp3) is 0.556. The predicted octanol–water partition coefficient (Wildman–Crippen LogP) is 3.32. The largest absolute Gasteiger partial charge is 0.349 e. The van der Waals surface area contributed by atoms with Crippen molar-refractivity contribution in [1.82, 2.24) is 15.3 Å². The van der Waals surface area contributed by atoms with Crippen LogP contribution in [0.1, 0.15) is 37.9 Å². The van der Waals surface area contributed by atoms with Gasteiger partial charge in [-0.25, -0.2) is 9.37 Å². The van der Waals surface area contributed by atoms with Crippen molar-refractivity contribution in [1.29, 1.82) is 0 Å². The number of hydrogen-bond donors (Lipinski definition) is 3. The van der Waals surface area contributed by atoms with Gasteiger partial charge in [0.15, 0.2) is 0 Å². The van der Waals surface area contributed by atoms with Crippen molar-refractivity contribution in [2.45, 2.75) is 44.7 Å². The third kappa shape index (κ3) is 4.13. The van der Waals surface area contributed by atoms with E-state index >= 15 is 0 Å². The Morgan fingerprint density at radius 1 is 1.27 bits per heavy atom. The number of benzene rings is 1. The lowest BCUT2D eigenvalue weighted by Crippen LogP contribution is -2.49. The van der Waals surface area contributed by atoms with E-state index in [-0.39, 0.29) is 48.5 Å². The van der Waals surface area contributed by atoms with Gasteiger partial charge in [0.2, 0.25) is 5.91 Å². The summed E-state index contributed by atoms with van der Waals surface area (Å²) in [5, 5.41) is 2.98. The van der Waals surface area contributed by atoms with Crippen molar-refractivity contribution < 1.29 is 9.18 Å². The third-order valence-electron chi connectivity index (χ3n) is 5.71. The Morgan fingerprint density at radius 2 is 1.96 bits per heavy atom. The Balaban J connectivity index is 0.00000121. The number of nitrogens with two attached hydrogens (primary N) is 1. The van der Waals surface area contributed by atoms with Gasteiger partial charge in [0.25, 0.3) is 0 Å². The van der Waals surface area contributed by atoms with Crippen LogP contribution in [0, 0.1) is 23.6 Å². The number of hydrogen-bond acceptors (Lipinski definition) is 3. The first-order valence-corrected chi connectivity index (χ1v) is 8.77. The molecule has 0 saturated heterocycles. The number of fused-ring (bicyclic) bond motifs is 3. The standard InChI is InChI=1S/C18H23FN4O.2ClH/c19-13-4-5-14-15(8-13)23-16(22-14)9-21-18(24)12-6-10-2-1-3-11(7-12)17(10)20;;/h4-5,8,10-12,17H,1-3,6-7,9,20H2,(H,21,24)(H,22,23);2*1H. The lowest BCUT2D eigenvalue weighted by Gasteiger charge is -2.43. The van der Waals surface area contributed by atoms with Crippen LogP contribution < -0.4 is 11.1 Å². The van der Waals surface area contributed by atoms with Crippen LogP contribution in [0.4, 0.5) is 4.39 Å². The first-order valence-electron chi connectivity index (χ1n) is 8.77. The maximum atomic E-state index is 13.2. The van der Waals surface area contributed by atoms with Gasteiger partial charge >= 0.3 is 0 Å². The molecular formula is C18H25Cl2FN4O. The Labute approximate surface area is 164 Å². The van der Waals surface area contributed by atoms with Gasteiger partial charge in [0.05, 0.1) is 17.6 Å². The quantitative estimate of drug-likeness (QED) is 0.735. The smallest absolute Gasteiger partial charge is 0.223 e. The monoisotopic (exact) mass is 402 g/mol. The first kappa shape index (κ1) is 20.9. The highest BCUT2D eigenvalue weighted by molar-refractivity contribution is 5.85. The van der Waals surface area contributed by atoms with Crippen LogP contribution in [0.3, 0.4) is 0 Å². The lowest BCUT2D eigenvalue weighted by molar-refractivity contribution is -0.128. The van der Waals surface area contributed by atoms with Crippen molar-refractivity contribution >= 4 is 41.8 Å². The number of nitrogens with zero attached hydrogens (tertiary/aromatic N) is 1. The molecule has 2 aliphatic rings. The average Bonchev–Trinajstić information content (AvgIpc) is 2.94. The molecule has 4 N–H and O–H groups in total. The van der Waals surface area contributed by atoms with E-state index in [2.05, 4.69) is 15.3 Å². The molecule has 2 bridgehead atoms. The second-order valence-electron chi connectivity index (χ2n) is 7.26. The molecule has 2 aromatic rings. The number of carbonyl (C=O) groups excluding carboxylic acids is 1. The molecule has 26 heavy (non-hydrogen) atoms. The number of amides is 1. The lowest BCUT2D eigenvalue weighted by atomic mass is 9.65. The van der Waals surface area contributed by atoms with Gasteiger partial charge in [-0.15, -0.1) is 24.8 Å². The van der Waals surface area contributed by atoms with Crippen molar-refractivity contribution in [3.63, 3.8) is 0 Å². The fourth-order valence-electron chi connectivity index (χ4n) is 4.44. The SMILES string of the molecule is Cl.Cl.NC1C2CCCC1CC(C(=O)NCc1nc3ccc(F)cc3[nH]1)C2. The van der Waals surface area contributed by atoms with E-state index in [1.165, 1.54) is 18.6 Å². The minimum atomic E-state index is -0.299. The van der Waals surface area contributed by atoms with Crippen molar-refractivity contribution in [3.05, 3.63) is 29.8 Å². The maximum absolute atomic E-state index is 13.2. The van der Waals surface area contributed by atoms with Crippen molar-refractivity contribution in [3.8, 4) is 0 Å². The molecule has 0 radical (unpaired) electrons. The zero-order chi connectivity index (χ0) is 16.7. The van der Waals surface area contributed by atoms with Crippen molar-refractivity contribution in [2.75, 3.05) is 0 Å². The predicted molar refractivity (Wildman–Crippen MR) is 104 cm³/mol. The van der Waals surface area contributed by atoms with Crippen LogP contribution in [0.15, 0.2) is 18.2 Å². The zero-order valence-electron chi connectivity index (χ0n) is 14.4. The molecule has 1 aromatic carbocycles. The van der Waals surface area contributed by atoms with E-state index in [4.69, 9.17) is 5.73 Å². The maximum Gasteiger partial charge on any atom is 0.223 e. The Bertz CT molecular complexity index is 755. The van der Waals surface area contributed by atoms with Crippen molar-refractivity contribution in [2.24, 2.45) is 23.5 Å². The molecule has 8 heteroatoms. The molecule has 2 atom stereocenters. The molecule has 1 aromatic heterocycles. The second kappa shape index (κ2) is 8.55. The van der Waals surface area contributed by atoms with E-state index in [1.807, 2.05) is 0 Å². The average molecular weight is 403 g/mol.